The fourth-order valence-corrected chi connectivity index (χ4v) is 6.90. The van der Waals surface area contributed by atoms with Crippen molar-refractivity contribution < 1.29 is 27.7 Å². The number of carbonyl (C=O) groups is 2. The lowest BCUT2D eigenvalue weighted by Crippen LogP contribution is -2.55. The van der Waals surface area contributed by atoms with Gasteiger partial charge in [0.05, 0.1) is 18.3 Å². The van der Waals surface area contributed by atoms with E-state index in [1.54, 1.807) is 18.2 Å². The van der Waals surface area contributed by atoms with Gasteiger partial charge in [0.2, 0.25) is 21.8 Å². The number of sulfonamides is 1. The number of amides is 2. The molecule has 1 N–H and O–H groups in total. The van der Waals surface area contributed by atoms with Crippen LogP contribution in [-0.2, 0) is 32.6 Å². The number of nitrogens with zero attached hydrogens (tertiary/aromatic N) is 3. The van der Waals surface area contributed by atoms with Gasteiger partial charge >= 0.3 is 0 Å². The Morgan fingerprint density at radius 2 is 1.67 bits per heavy atom. The summed E-state index contributed by atoms with van der Waals surface area (Å²) in [6.07, 6.45) is 5.64. The number of nitro benzene ring substituents is 1. The van der Waals surface area contributed by atoms with Crippen LogP contribution in [0.25, 0.3) is 0 Å². The lowest BCUT2D eigenvalue weighted by molar-refractivity contribution is -0.384. The number of hydrogen-bond acceptors (Lipinski definition) is 7. The van der Waals surface area contributed by atoms with Crippen LogP contribution in [0.1, 0.15) is 43.2 Å². The number of hydrogen-bond donors (Lipinski definition) is 1. The van der Waals surface area contributed by atoms with E-state index in [0.717, 1.165) is 54.3 Å². The van der Waals surface area contributed by atoms with E-state index in [0.29, 0.717) is 5.56 Å². The molecule has 1 aliphatic rings. The number of rotatable bonds is 13. The van der Waals surface area contributed by atoms with E-state index in [2.05, 4.69) is 5.32 Å². The van der Waals surface area contributed by atoms with Crippen LogP contribution < -0.4 is 14.4 Å². The quantitative estimate of drug-likeness (QED) is 0.178. The largest absolute Gasteiger partial charge is 0.495 e. The van der Waals surface area contributed by atoms with E-state index in [1.807, 2.05) is 30.3 Å². The van der Waals surface area contributed by atoms with Crippen LogP contribution in [0, 0.1) is 10.1 Å². The molecule has 1 fully saturated rings. The van der Waals surface area contributed by atoms with E-state index >= 15 is 0 Å². The zero-order valence-electron chi connectivity index (χ0n) is 25.5. The standard InChI is InChI=1S/C32H36Cl2N4O7S/c1-45-30-17-16-24(38(41)42)19-28(30)37(46(2,43)44)21-31(39)36(20-25-26(33)14-9-15-27(25)34)29(18-22-10-5-3-6-11-22)32(40)35-23-12-7-4-8-13-23/h3,5-6,9-11,14-17,19,23,29H,4,7-8,12-13,18,20-21H2,1-2H3,(H,35,40)/t29-/m0/s1. The number of methoxy groups -OCH3 is 1. The average Bonchev–Trinajstić information content (AvgIpc) is 3.02. The van der Waals surface area contributed by atoms with Crippen LogP contribution in [0.3, 0.4) is 0 Å². The Kier molecular flexibility index (Phi) is 11.9. The predicted molar refractivity (Wildman–Crippen MR) is 178 cm³/mol. The summed E-state index contributed by atoms with van der Waals surface area (Å²) in [5, 5.41) is 15.2. The fraction of sp³-hybridized carbons (Fsp3) is 0.375. The zero-order chi connectivity index (χ0) is 33.4. The number of carbonyl (C=O) groups excluding carboxylic acids is 2. The maximum Gasteiger partial charge on any atom is 0.271 e. The third-order valence-corrected chi connectivity index (χ3v) is 9.77. The molecule has 0 bridgehead atoms. The molecule has 11 nitrogen and oxygen atoms in total. The first-order valence-electron chi connectivity index (χ1n) is 14.8. The van der Waals surface area contributed by atoms with Gasteiger partial charge in [0, 0.05) is 46.7 Å². The van der Waals surface area contributed by atoms with Crippen molar-refractivity contribution in [2.75, 3.05) is 24.2 Å². The molecule has 0 radical (unpaired) electrons. The Bertz CT molecular complexity index is 1650. The lowest BCUT2D eigenvalue weighted by Gasteiger charge is -2.35. The number of halogens is 2. The normalized spacial score (nSPS) is 14.3. The number of nitro groups is 1. The van der Waals surface area contributed by atoms with Crippen molar-refractivity contribution in [1.29, 1.82) is 0 Å². The topological polar surface area (TPSA) is 139 Å². The number of ether oxygens (including phenoxy) is 1. The summed E-state index contributed by atoms with van der Waals surface area (Å²) in [5.41, 5.74) is 0.552. The van der Waals surface area contributed by atoms with Crippen molar-refractivity contribution in [1.82, 2.24) is 10.2 Å². The minimum atomic E-state index is -4.21. The summed E-state index contributed by atoms with van der Waals surface area (Å²) < 4.78 is 32.4. The lowest BCUT2D eigenvalue weighted by atomic mass is 9.94. The van der Waals surface area contributed by atoms with Crippen LogP contribution in [0.2, 0.25) is 10.0 Å². The van der Waals surface area contributed by atoms with E-state index < -0.39 is 45.0 Å². The smallest absolute Gasteiger partial charge is 0.271 e. The third-order valence-electron chi connectivity index (χ3n) is 7.93. The highest BCUT2D eigenvalue weighted by atomic mass is 35.5. The minimum absolute atomic E-state index is 0.000371. The second-order valence-corrected chi connectivity index (χ2v) is 13.9. The molecule has 46 heavy (non-hydrogen) atoms. The summed E-state index contributed by atoms with van der Waals surface area (Å²) in [6, 6.07) is 16.3. The maximum absolute atomic E-state index is 14.4. The molecule has 0 unspecified atom stereocenters. The molecule has 0 aliphatic heterocycles. The van der Waals surface area contributed by atoms with Crippen LogP contribution in [0.4, 0.5) is 11.4 Å². The van der Waals surface area contributed by atoms with Gasteiger partial charge in [-0.2, -0.15) is 0 Å². The average molecular weight is 692 g/mol. The molecule has 3 aromatic rings. The van der Waals surface area contributed by atoms with Crippen LogP contribution >= 0.6 is 23.2 Å². The highest BCUT2D eigenvalue weighted by Gasteiger charge is 2.35. The Labute approximate surface area is 278 Å². The van der Waals surface area contributed by atoms with Crippen molar-refractivity contribution in [3.63, 3.8) is 0 Å². The zero-order valence-corrected chi connectivity index (χ0v) is 27.9. The Hall–Kier alpha value is -3.87. The van der Waals surface area contributed by atoms with E-state index in [4.69, 9.17) is 27.9 Å². The Morgan fingerprint density at radius 3 is 2.26 bits per heavy atom. The van der Waals surface area contributed by atoms with Gasteiger partial charge in [0.25, 0.3) is 5.69 Å². The number of benzene rings is 3. The van der Waals surface area contributed by atoms with Crippen molar-refractivity contribution in [3.05, 3.63) is 98.0 Å². The first-order valence-corrected chi connectivity index (χ1v) is 17.4. The van der Waals surface area contributed by atoms with Gasteiger partial charge in [-0.25, -0.2) is 8.42 Å². The van der Waals surface area contributed by atoms with Crippen molar-refractivity contribution in [2.45, 2.75) is 57.2 Å². The Morgan fingerprint density at radius 1 is 1.02 bits per heavy atom. The molecule has 1 saturated carbocycles. The molecule has 1 atom stereocenters. The molecular weight excluding hydrogens is 655 g/mol. The summed E-state index contributed by atoms with van der Waals surface area (Å²) >= 11 is 13.1. The van der Waals surface area contributed by atoms with Crippen LogP contribution in [0.5, 0.6) is 5.75 Å². The molecule has 0 heterocycles. The molecule has 0 spiro atoms. The van der Waals surface area contributed by atoms with Crippen molar-refractivity contribution >= 4 is 56.4 Å². The molecule has 2 amide bonds. The SMILES string of the molecule is COc1ccc([N+](=O)[O-])cc1N(CC(=O)N(Cc1c(Cl)cccc1Cl)[C@@H](Cc1ccccc1)C(=O)NC1CCCCC1)S(C)(=O)=O. The van der Waals surface area contributed by atoms with Gasteiger partial charge in [-0.05, 0) is 36.6 Å². The molecule has 14 heteroatoms. The number of non-ortho nitro benzene ring substituents is 1. The first kappa shape index (κ1) is 35.0. The fourth-order valence-electron chi connectivity index (χ4n) is 5.53. The van der Waals surface area contributed by atoms with Gasteiger partial charge in [0.15, 0.2) is 0 Å². The highest BCUT2D eigenvalue weighted by molar-refractivity contribution is 7.92. The van der Waals surface area contributed by atoms with E-state index in [9.17, 15) is 28.1 Å². The highest BCUT2D eigenvalue weighted by Crippen LogP contribution is 2.34. The molecule has 3 aromatic carbocycles. The minimum Gasteiger partial charge on any atom is -0.495 e. The molecule has 246 valence electrons. The molecule has 0 saturated heterocycles. The molecule has 0 aromatic heterocycles. The van der Waals surface area contributed by atoms with Gasteiger partial charge < -0.3 is 15.0 Å². The first-order chi connectivity index (χ1) is 21.9. The molecular formula is C32H36Cl2N4O7S. The number of nitrogens with one attached hydrogen (secondary N) is 1. The van der Waals surface area contributed by atoms with Crippen molar-refractivity contribution in [3.8, 4) is 5.75 Å². The molecule has 1 aliphatic carbocycles. The van der Waals surface area contributed by atoms with Crippen LogP contribution in [0.15, 0.2) is 66.7 Å². The monoisotopic (exact) mass is 690 g/mol. The second-order valence-electron chi connectivity index (χ2n) is 11.2. The van der Waals surface area contributed by atoms with Gasteiger partial charge in [-0.3, -0.25) is 24.0 Å². The van der Waals surface area contributed by atoms with Crippen LogP contribution in [-0.4, -0.2) is 62.0 Å². The van der Waals surface area contributed by atoms with E-state index in [1.165, 1.54) is 24.1 Å². The second kappa shape index (κ2) is 15.6. The predicted octanol–water partition coefficient (Wildman–Crippen LogP) is 5.77. The van der Waals surface area contributed by atoms with Gasteiger partial charge in [-0.15, -0.1) is 0 Å². The number of anilines is 1. The van der Waals surface area contributed by atoms with E-state index in [-0.39, 0.29) is 40.5 Å². The Balaban J connectivity index is 1.81. The molecule has 4 rings (SSSR count). The summed E-state index contributed by atoms with van der Waals surface area (Å²) in [6.45, 7) is -1.00. The van der Waals surface area contributed by atoms with Gasteiger partial charge in [-0.1, -0.05) is 78.9 Å². The third kappa shape index (κ3) is 8.89. The summed E-state index contributed by atoms with van der Waals surface area (Å²) in [7, 11) is -2.93. The van der Waals surface area contributed by atoms with Gasteiger partial charge in [0.1, 0.15) is 24.0 Å². The summed E-state index contributed by atoms with van der Waals surface area (Å²) in [5.74, 6) is -1.15. The van der Waals surface area contributed by atoms with Crippen molar-refractivity contribution in [2.24, 2.45) is 0 Å². The maximum atomic E-state index is 14.4. The summed E-state index contributed by atoms with van der Waals surface area (Å²) in [4.78, 5) is 40.7.